The van der Waals surface area contributed by atoms with E-state index in [1.165, 1.54) is 0 Å². The molecule has 3 aromatic rings. The molecule has 0 bridgehead atoms. The number of hydrogen-bond acceptors (Lipinski definition) is 5. The Bertz CT molecular complexity index is 1030. The van der Waals surface area contributed by atoms with E-state index in [1.54, 1.807) is 29.2 Å². The second-order valence-electron chi connectivity index (χ2n) is 8.13. The Balaban J connectivity index is 1.80. The van der Waals surface area contributed by atoms with Crippen molar-refractivity contribution in [1.29, 1.82) is 0 Å². The normalized spacial score (nSPS) is 12.7. The summed E-state index contributed by atoms with van der Waals surface area (Å²) in [6, 6.07) is 10.3. The smallest absolute Gasteiger partial charge is 0.345 e. The van der Waals surface area contributed by atoms with Crippen LogP contribution < -0.4 is 0 Å². The second-order valence-corrected chi connectivity index (χ2v) is 9.04. The zero-order valence-corrected chi connectivity index (χ0v) is 19.6. The maximum Gasteiger partial charge on any atom is 0.345 e. The van der Waals surface area contributed by atoms with Gasteiger partial charge in [0.1, 0.15) is 5.60 Å². The van der Waals surface area contributed by atoms with E-state index in [0.29, 0.717) is 11.3 Å². The number of alkyl halides is 2. The van der Waals surface area contributed by atoms with Crippen molar-refractivity contribution in [3.05, 3.63) is 70.7 Å². The molecule has 0 spiro atoms. The van der Waals surface area contributed by atoms with Crippen molar-refractivity contribution in [2.24, 2.45) is 0 Å². The number of benzene rings is 1. The van der Waals surface area contributed by atoms with Gasteiger partial charge in [-0.25, -0.2) is 4.79 Å². The van der Waals surface area contributed by atoms with Crippen LogP contribution >= 0.6 is 15.9 Å². The Morgan fingerprint density at radius 3 is 2.41 bits per heavy atom. The van der Waals surface area contributed by atoms with Crippen LogP contribution in [0.4, 0.5) is 8.78 Å². The van der Waals surface area contributed by atoms with Gasteiger partial charge in [-0.05, 0) is 73.0 Å². The molecule has 170 valence electrons. The third-order valence-corrected chi connectivity index (χ3v) is 4.97. The molecule has 0 saturated heterocycles. The van der Waals surface area contributed by atoms with Gasteiger partial charge in [0.2, 0.25) is 0 Å². The highest BCUT2D eigenvalue weighted by atomic mass is 79.9. The fourth-order valence-corrected chi connectivity index (χ4v) is 3.30. The van der Waals surface area contributed by atoms with Gasteiger partial charge in [0, 0.05) is 22.4 Å². The van der Waals surface area contributed by atoms with Gasteiger partial charge in [-0.3, -0.25) is 9.67 Å². The third kappa shape index (κ3) is 6.67. The molecular weight excluding hydrogens is 484 g/mol. The first kappa shape index (κ1) is 24.0. The van der Waals surface area contributed by atoms with Crippen molar-refractivity contribution in [1.82, 2.24) is 14.8 Å². The van der Waals surface area contributed by atoms with E-state index in [1.807, 2.05) is 51.2 Å². The molecule has 6 nitrogen and oxygen atoms in total. The number of aromatic nitrogens is 3. The van der Waals surface area contributed by atoms with Gasteiger partial charge in [-0.2, -0.15) is 13.9 Å². The predicted octanol–water partition coefficient (Wildman–Crippen LogP) is 5.88. The van der Waals surface area contributed by atoms with Crippen molar-refractivity contribution in [2.75, 3.05) is 6.61 Å². The lowest BCUT2D eigenvalue weighted by Crippen LogP contribution is -2.23. The van der Waals surface area contributed by atoms with Crippen LogP contribution in [0.3, 0.4) is 0 Å². The summed E-state index contributed by atoms with van der Waals surface area (Å²) in [7, 11) is 0. The van der Waals surface area contributed by atoms with Gasteiger partial charge in [0.05, 0.1) is 30.1 Å². The number of halogens is 3. The van der Waals surface area contributed by atoms with E-state index in [-0.39, 0.29) is 25.0 Å². The Kier molecular flexibility index (Phi) is 7.73. The average molecular weight is 508 g/mol. The quantitative estimate of drug-likeness (QED) is 0.356. The summed E-state index contributed by atoms with van der Waals surface area (Å²) in [5.74, 6) is -0.389. The number of ether oxygens (including phenoxy) is 2. The van der Waals surface area contributed by atoms with E-state index in [0.717, 1.165) is 15.6 Å². The lowest BCUT2D eigenvalue weighted by Gasteiger charge is -2.19. The molecule has 3 rings (SSSR count). The lowest BCUT2D eigenvalue weighted by molar-refractivity contribution is -0.130. The minimum Gasteiger partial charge on any atom is -0.456 e. The molecule has 0 N–H and O–H groups in total. The summed E-state index contributed by atoms with van der Waals surface area (Å²) >= 11 is 3.35. The van der Waals surface area contributed by atoms with Crippen LogP contribution in [0.1, 0.15) is 49.3 Å². The molecule has 1 aromatic carbocycles. The Labute approximate surface area is 193 Å². The number of rotatable bonds is 8. The summed E-state index contributed by atoms with van der Waals surface area (Å²) in [6.07, 6.45) is 5.43. The van der Waals surface area contributed by atoms with Crippen molar-refractivity contribution < 1.29 is 23.0 Å². The van der Waals surface area contributed by atoms with Gasteiger partial charge in [0.25, 0.3) is 0 Å². The first-order valence-electron chi connectivity index (χ1n) is 10.0. The lowest BCUT2D eigenvalue weighted by atomic mass is 10.1. The molecule has 0 saturated carbocycles. The molecule has 9 heteroatoms. The van der Waals surface area contributed by atoms with E-state index in [2.05, 4.69) is 30.7 Å². The van der Waals surface area contributed by atoms with Crippen LogP contribution in [0.5, 0.6) is 0 Å². The Morgan fingerprint density at radius 2 is 1.81 bits per heavy atom. The van der Waals surface area contributed by atoms with Gasteiger partial charge in [-0.15, -0.1) is 0 Å². The standard InChI is InChI=1S/C23H24BrF2N3O3/c1-23(2,3)32-21(30)16-6-4-15(5-7-16)17-12-28-29(14-17)20(10-11-31-22(25)26)19-9-8-18(24)13-27-19/h4-9,12-14,20,22H,10-11H2,1-3H3. The molecule has 0 aliphatic carbocycles. The predicted molar refractivity (Wildman–Crippen MR) is 119 cm³/mol. The van der Waals surface area contributed by atoms with Crippen LogP contribution in [0.15, 0.2) is 59.5 Å². The van der Waals surface area contributed by atoms with E-state index < -0.39 is 12.2 Å². The van der Waals surface area contributed by atoms with Gasteiger partial charge < -0.3 is 9.47 Å². The molecule has 0 aliphatic heterocycles. The molecule has 0 amide bonds. The first-order chi connectivity index (χ1) is 15.1. The second kappa shape index (κ2) is 10.3. The zero-order valence-electron chi connectivity index (χ0n) is 18.0. The van der Waals surface area contributed by atoms with Crippen molar-refractivity contribution >= 4 is 21.9 Å². The number of pyridine rings is 1. The highest BCUT2D eigenvalue weighted by molar-refractivity contribution is 9.10. The number of hydrogen-bond donors (Lipinski definition) is 0. The van der Waals surface area contributed by atoms with Crippen LogP contribution in [-0.2, 0) is 9.47 Å². The van der Waals surface area contributed by atoms with Crippen LogP contribution in [0.25, 0.3) is 11.1 Å². The van der Waals surface area contributed by atoms with Crippen molar-refractivity contribution in [3.8, 4) is 11.1 Å². The highest BCUT2D eigenvalue weighted by Crippen LogP contribution is 2.26. The molecule has 2 aromatic heterocycles. The summed E-state index contributed by atoms with van der Waals surface area (Å²) in [5, 5.41) is 4.43. The molecule has 0 fully saturated rings. The average Bonchev–Trinajstić information content (AvgIpc) is 3.21. The number of esters is 1. The SMILES string of the molecule is CC(C)(C)OC(=O)c1ccc(-c2cnn(C(CCOC(F)F)c3ccc(Br)cn3)c2)cc1. The maximum atomic E-state index is 12.4. The summed E-state index contributed by atoms with van der Waals surface area (Å²) in [6.45, 7) is 2.48. The third-order valence-electron chi connectivity index (χ3n) is 4.50. The summed E-state index contributed by atoms with van der Waals surface area (Å²) < 4.78 is 37.2. The molecule has 1 atom stereocenters. The van der Waals surface area contributed by atoms with Crippen molar-refractivity contribution in [3.63, 3.8) is 0 Å². The minimum atomic E-state index is -2.83. The number of nitrogens with zero attached hydrogens (tertiary/aromatic N) is 3. The van der Waals surface area contributed by atoms with Gasteiger partial charge in [-0.1, -0.05) is 12.1 Å². The Morgan fingerprint density at radius 1 is 1.09 bits per heavy atom. The number of carbonyl (C=O) groups is 1. The van der Waals surface area contributed by atoms with Crippen molar-refractivity contribution in [2.45, 2.75) is 45.4 Å². The van der Waals surface area contributed by atoms with Gasteiger partial charge >= 0.3 is 12.6 Å². The van der Waals surface area contributed by atoms with Gasteiger partial charge in [0.15, 0.2) is 0 Å². The fourth-order valence-electron chi connectivity index (χ4n) is 3.06. The maximum absolute atomic E-state index is 12.4. The zero-order chi connectivity index (χ0) is 23.3. The molecule has 0 aliphatic rings. The highest BCUT2D eigenvalue weighted by Gasteiger charge is 2.20. The van der Waals surface area contributed by atoms with E-state index >= 15 is 0 Å². The summed E-state index contributed by atoms with van der Waals surface area (Å²) in [5.41, 5.74) is 2.24. The largest absolute Gasteiger partial charge is 0.456 e. The topological polar surface area (TPSA) is 66.2 Å². The fraction of sp³-hybridized carbons (Fsp3) is 0.348. The van der Waals surface area contributed by atoms with Crippen LogP contribution in [0, 0.1) is 0 Å². The number of carbonyl (C=O) groups excluding carboxylic acids is 1. The molecule has 32 heavy (non-hydrogen) atoms. The molecule has 0 radical (unpaired) electrons. The monoisotopic (exact) mass is 507 g/mol. The first-order valence-corrected chi connectivity index (χ1v) is 10.8. The molecule has 2 heterocycles. The molecular formula is C23H24BrF2N3O3. The summed E-state index contributed by atoms with van der Waals surface area (Å²) in [4.78, 5) is 16.6. The molecule has 1 unspecified atom stereocenters. The van der Waals surface area contributed by atoms with Crippen LogP contribution in [0.2, 0.25) is 0 Å². The Hall–Kier alpha value is -2.65. The van der Waals surface area contributed by atoms with E-state index in [4.69, 9.17) is 4.74 Å². The van der Waals surface area contributed by atoms with Crippen LogP contribution in [-0.4, -0.2) is 39.6 Å². The van der Waals surface area contributed by atoms with E-state index in [9.17, 15) is 13.6 Å². The minimum absolute atomic E-state index is 0.139.